The quantitative estimate of drug-likeness (QED) is 0.335. The Morgan fingerprint density at radius 2 is 1.76 bits per heavy atom. The van der Waals surface area contributed by atoms with Crippen molar-refractivity contribution in [2.45, 2.75) is 19.5 Å². The van der Waals surface area contributed by atoms with Crippen LogP contribution in [-0.4, -0.2) is 40.4 Å². The Balaban J connectivity index is 1.86. The van der Waals surface area contributed by atoms with Crippen LogP contribution in [0.4, 0.5) is 0 Å². The molecule has 168 valence electrons. The molecule has 1 aliphatic heterocycles. The van der Waals surface area contributed by atoms with Crippen LogP contribution in [0, 0.1) is 0 Å². The van der Waals surface area contributed by atoms with Gasteiger partial charge in [0, 0.05) is 24.5 Å². The fourth-order valence-corrected chi connectivity index (χ4v) is 3.94. The SMILES string of the molecule is CCOc1cccc(/C(O)=C2\C(=O)C(=O)N(Cc3ccncc3)C2c2cccc(OC)c2)c1. The second-order valence-corrected chi connectivity index (χ2v) is 7.52. The van der Waals surface area contributed by atoms with Gasteiger partial charge in [0.1, 0.15) is 17.3 Å². The first-order valence-corrected chi connectivity index (χ1v) is 10.6. The van der Waals surface area contributed by atoms with Gasteiger partial charge < -0.3 is 19.5 Å². The number of methoxy groups -OCH3 is 1. The molecule has 0 saturated carbocycles. The van der Waals surface area contributed by atoms with Crippen molar-refractivity contribution in [3.05, 3.63) is 95.3 Å². The first-order valence-electron chi connectivity index (χ1n) is 10.6. The van der Waals surface area contributed by atoms with Gasteiger partial charge in [-0.2, -0.15) is 0 Å². The van der Waals surface area contributed by atoms with E-state index in [1.54, 1.807) is 74.1 Å². The third-order valence-corrected chi connectivity index (χ3v) is 5.47. The van der Waals surface area contributed by atoms with Crippen molar-refractivity contribution in [2.24, 2.45) is 0 Å². The first kappa shape index (κ1) is 22.1. The molecule has 2 aromatic carbocycles. The predicted octanol–water partition coefficient (Wildman–Crippen LogP) is 4.11. The van der Waals surface area contributed by atoms with Gasteiger partial charge in [0.05, 0.1) is 25.3 Å². The maximum absolute atomic E-state index is 13.2. The van der Waals surface area contributed by atoms with Crippen LogP contribution in [-0.2, 0) is 16.1 Å². The van der Waals surface area contributed by atoms with Gasteiger partial charge in [-0.05, 0) is 54.4 Å². The van der Waals surface area contributed by atoms with Crippen molar-refractivity contribution < 1.29 is 24.2 Å². The standard InChI is InChI=1S/C26H24N2O5/c1-3-33-21-9-5-7-19(15-21)24(29)22-23(18-6-4-8-20(14-18)32-2)28(26(31)25(22)30)16-17-10-12-27-13-11-17/h4-15,23,29H,3,16H2,1-2H3/b24-22+. The molecule has 1 aromatic heterocycles. The zero-order chi connectivity index (χ0) is 23.4. The van der Waals surface area contributed by atoms with Gasteiger partial charge in [-0.25, -0.2) is 0 Å². The summed E-state index contributed by atoms with van der Waals surface area (Å²) in [6.45, 7) is 2.51. The lowest BCUT2D eigenvalue weighted by Crippen LogP contribution is -2.29. The van der Waals surface area contributed by atoms with Crippen LogP contribution >= 0.6 is 0 Å². The lowest BCUT2D eigenvalue weighted by atomic mass is 9.95. The van der Waals surface area contributed by atoms with Gasteiger partial charge in [0.25, 0.3) is 11.7 Å². The number of ether oxygens (including phenoxy) is 2. The molecule has 1 unspecified atom stereocenters. The van der Waals surface area contributed by atoms with Crippen LogP contribution in [0.25, 0.3) is 5.76 Å². The highest BCUT2D eigenvalue weighted by atomic mass is 16.5. The summed E-state index contributed by atoms with van der Waals surface area (Å²) >= 11 is 0. The molecule has 1 atom stereocenters. The number of ketones is 1. The number of pyridine rings is 1. The molecule has 7 nitrogen and oxygen atoms in total. The second-order valence-electron chi connectivity index (χ2n) is 7.52. The van der Waals surface area contributed by atoms with E-state index in [1.807, 2.05) is 13.0 Å². The zero-order valence-corrected chi connectivity index (χ0v) is 18.4. The number of nitrogens with zero attached hydrogens (tertiary/aromatic N) is 2. The fraction of sp³-hybridized carbons (Fsp3) is 0.192. The van der Waals surface area contributed by atoms with Gasteiger partial charge in [0.15, 0.2) is 0 Å². The molecule has 4 rings (SSSR count). The van der Waals surface area contributed by atoms with Crippen LogP contribution in [0.5, 0.6) is 11.5 Å². The lowest BCUT2D eigenvalue weighted by Gasteiger charge is -2.25. The van der Waals surface area contributed by atoms with E-state index in [9.17, 15) is 14.7 Å². The molecule has 1 saturated heterocycles. The fourth-order valence-electron chi connectivity index (χ4n) is 3.94. The summed E-state index contributed by atoms with van der Waals surface area (Å²) in [5.41, 5.74) is 1.90. The number of hydrogen-bond acceptors (Lipinski definition) is 6. The van der Waals surface area contributed by atoms with Gasteiger partial charge in [-0.15, -0.1) is 0 Å². The largest absolute Gasteiger partial charge is 0.507 e. The van der Waals surface area contributed by atoms with Crippen LogP contribution in [0.3, 0.4) is 0 Å². The second kappa shape index (κ2) is 9.56. The van der Waals surface area contributed by atoms with Crippen molar-refractivity contribution in [2.75, 3.05) is 13.7 Å². The predicted molar refractivity (Wildman–Crippen MR) is 123 cm³/mol. The molecule has 1 amide bonds. The Morgan fingerprint density at radius 1 is 1.03 bits per heavy atom. The van der Waals surface area contributed by atoms with Gasteiger partial charge in [-0.3, -0.25) is 14.6 Å². The maximum Gasteiger partial charge on any atom is 0.295 e. The van der Waals surface area contributed by atoms with E-state index in [4.69, 9.17) is 9.47 Å². The number of hydrogen-bond donors (Lipinski definition) is 1. The van der Waals surface area contributed by atoms with Crippen molar-refractivity contribution in [3.8, 4) is 11.5 Å². The number of aliphatic hydroxyl groups is 1. The van der Waals surface area contributed by atoms with E-state index in [0.717, 1.165) is 5.56 Å². The topological polar surface area (TPSA) is 89.0 Å². The summed E-state index contributed by atoms with van der Waals surface area (Å²) < 4.78 is 10.9. The summed E-state index contributed by atoms with van der Waals surface area (Å²) in [5, 5.41) is 11.2. The van der Waals surface area contributed by atoms with E-state index in [0.29, 0.717) is 29.2 Å². The minimum absolute atomic E-state index is 0.0240. The van der Waals surface area contributed by atoms with Gasteiger partial charge >= 0.3 is 0 Å². The van der Waals surface area contributed by atoms with Crippen LogP contribution < -0.4 is 9.47 Å². The summed E-state index contributed by atoms with van der Waals surface area (Å²) in [5.74, 6) is -0.524. The number of Topliss-reactive ketones (excluding diaryl/α,β-unsaturated/α-hetero) is 1. The van der Waals surface area contributed by atoms with Crippen molar-refractivity contribution in [3.63, 3.8) is 0 Å². The molecule has 3 aromatic rings. The summed E-state index contributed by atoms with van der Waals surface area (Å²) in [4.78, 5) is 31.8. The van der Waals surface area contributed by atoms with E-state index in [1.165, 1.54) is 4.90 Å². The number of amides is 1. The Morgan fingerprint density at radius 3 is 2.48 bits per heavy atom. The molecule has 0 bridgehead atoms. The third kappa shape index (κ3) is 4.43. The molecule has 1 N–H and O–H groups in total. The van der Waals surface area contributed by atoms with E-state index in [-0.39, 0.29) is 17.9 Å². The highest BCUT2D eigenvalue weighted by Gasteiger charge is 2.46. The Bertz CT molecular complexity index is 1210. The molecular weight excluding hydrogens is 420 g/mol. The zero-order valence-electron chi connectivity index (χ0n) is 18.4. The molecule has 0 radical (unpaired) electrons. The Labute approximate surface area is 191 Å². The molecule has 7 heteroatoms. The number of likely N-dealkylation sites (tertiary alicyclic amines) is 1. The monoisotopic (exact) mass is 444 g/mol. The number of aliphatic hydroxyl groups excluding tert-OH is 1. The summed E-state index contributed by atoms with van der Waals surface area (Å²) in [6.07, 6.45) is 3.26. The molecule has 33 heavy (non-hydrogen) atoms. The van der Waals surface area contributed by atoms with Crippen LogP contribution in [0.2, 0.25) is 0 Å². The molecule has 0 aliphatic carbocycles. The van der Waals surface area contributed by atoms with Crippen molar-refractivity contribution >= 4 is 17.4 Å². The molecular formula is C26H24N2O5. The number of benzene rings is 2. The average molecular weight is 444 g/mol. The Kier molecular flexibility index (Phi) is 6.40. The van der Waals surface area contributed by atoms with Gasteiger partial charge in [0.2, 0.25) is 0 Å². The number of carbonyl (C=O) groups is 2. The van der Waals surface area contributed by atoms with Crippen LogP contribution in [0.1, 0.15) is 29.7 Å². The lowest BCUT2D eigenvalue weighted by molar-refractivity contribution is -0.140. The molecule has 1 aliphatic rings. The maximum atomic E-state index is 13.2. The van der Waals surface area contributed by atoms with Gasteiger partial charge in [-0.1, -0.05) is 24.3 Å². The average Bonchev–Trinajstić information content (AvgIpc) is 3.09. The number of rotatable bonds is 7. The number of aromatic nitrogens is 1. The summed E-state index contributed by atoms with van der Waals surface area (Å²) in [7, 11) is 1.55. The minimum Gasteiger partial charge on any atom is -0.507 e. The molecule has 2 heterocycles. The molecule has 0 spiro atoms. The first-order chi connectivity index (χ1) is 16.0. The number of carbonyl (C=O) groups excluding carboxylic acids is 2. The minimum atomic E-state index is -0.788. The highest BCUT2D eigenvalue weighted by Crippen LogP contribution is 2.41. The van der Waals surface area contributed by atoms with Crippen LogP contribution in [0.15, 0.2) is 78.6 Å². The Hall–Kier alpha value is -4.13. The smallest absolute Gasteiger partial charge is 0.295 e. The highest BCUT2D eigenvalue weighted by molar-refractivity contribution is 6.46. The van der Waals surface area contributed by atoms with Crippen molar-refractivity contribution in [1.29, 1.82) is 0 Å². The normalized spacial score (nSPS) is 17.3. The van der Waals surface area contributed by atoms with E-state index >= 15 is 0 Å². The van der Waals surface area contributed by atoms with E-state index < -0.39 is 17.7 Å². The van der Waals surface area contributed by atoms with Crippen molar-refractivity contribution in [1.82, 2.24) is 9.88 Å². The van der Waals surface area contributed by atoms with E-state index in [2.05, 4.69) is 4.98 Å². The third-order valence-electron chi connectivity index (χ3n) is 5.47. The molecule has 1 fully saturated rings. The summed E-state index contributed by atoms with van der Waals surface area (Å²) in [6, 6.07) is 16.7.